The molecule has 0 aliphatic carbocycles. The first-order valence-electron chi connectivity index (χ1n) is 9.05. The van der Waals surface area contributed by atoms with Gasteiger partial charge >= 0.3 is 5.97 Å². The van der Waals surface area contributed by atoms with E-state index in [4.69, 9.17) is 16.3 Å². The van der Waals surface area contributed by atoms with E-state index in [0.29, 0.717) is 10.2 Å². The Labute approximate surface area is 186 Å². The Balaban J connectivity index is 1.32. The molecule has 4 aromatic rings. The van der Waals surface area contributed by atoms with E-state index in [1.807, 2.05) is 60.8 Å². The molecule has 0 saturated carbocycles. The summed E-state index contributed by atoms with van der Waals surface area (Å²) in [6.07, 6.45) is 1.59. The van der Waals surface area contributed by atoms with E-state index in [-0.39, 0.29) is 18.3 Å². The maximum Gasteiger partial charge on any atom is 0.316 e. The van der Waals surface area contributed by atoms with Gasteiger partial charge in [-0.2, -0.15) is 0 Å². The van der Waals surface area contributed by atoms with Crippen LogP contribution in [0.5, 0.6) is 0 Å². The summed E-state index contributed by atoms with van der Waals surface area (Å²) in [4.78, 5) is 16.7. The molecule has 0 spiro atoms. The largest absolute Gasteiger partial charge is 0.459 e. The first-order valence-corrected chi connectivity index (χ1v) is 11.3. The maximum atomic E-state index is 12.2. The van der Waals surface area contributed by atoms with E-state index < -0.39 is 0 Å². The van der Waals surface area contributed by atoms with Gasteiger partial charge in [0.25, 0.3) is 0 Å². The SMILES string of the molecule is Cc1ccc(-n2cnnc2SCC(=O)OCc2csc(-c3ccccc3)n2)cc1Cl. The van der Waals surface area contributed by atoms with E-state index in [0.717, 1.165) is 27.5 Å². The molecule has 0 bridgehead atoms. The molecule has 0 aliphatic rings. The second-order valence-corrected chi connectivity index (χ2v) is 8.58. The van der Waals surface area contributed by atoms with E-state index in [1.54, 1.807) is 10.9 Å². The summed E-state index contributed by atoms with van der Waals surface area (Å²) >= 11 is 9.00. The highest BCUT2D eigenvalue weighted by Gasteiger charge is 2.13. The fourth-order valence-electron chi connectivity index (χ4n) is 2.64. The molecule has 2 heterocycles. The Morgan fingerprint density at radius 2 is 2.07 bits per heavy atom. The van der Waals surface area contributed by atoms with Crippen LogP contribution in [0.2, 0.25) is 5.02 Å². The molecule has 4 rings (SSSR count). The lowest BCUT2D eigenvalue weighted by Gasteiger charge is -2.08. The van der Waals surface area contributed by atoms with Gasteiger partial charge in [0.2, 0.25) is 0 Å². The predicted octanol–water partition coefficient (Wildman–Crippen LogP) is 5.19. The van der Waals surface area contributed by atoms with Gasteiger partial charge in [0.05, 0.1) is 17.1 Å². The number of thiazole rings is 1. The molecule has 0 atom stereocenters. The number of carbonyl (C=O) groups excluding carboxylic acids is 1. The van der Waals surface area contributed by atoms with Crippen LogP contribution in [0.15, 0.2) is 65.4 Å². The van der Waals surface area contributed by atoms with Crippen molar-refractivity contribution in [2.45, 2.75) is 18.7 Å². The van der Waals surface area contributed by atoms with Crippen molar-refractivity contribution in [1.82, 2.24) is 19.7 Å². The summed E-state index contributed by atoms with van der Waals surface area (Å²) in [5.74, 6) is -0.223. The molecule has 0 aliphatic heterocycles. The van der Waals surface area contributed by atoms with Crippen LogP contribution >= 0.6 is 34.7 Å². The number of thioether (sulfide) groups is 1. The van der Waals surface area contributed by atoms with E-state index in [2.05, 4.69) is 15.2 Å². The molecular formula is C21H17ClN4O2S2. The Kier molecular flexibility index (Phi) is 6.47. The molecule has 0 radical (unpaired) electrons. The van der Waals surface area contributed by atoms with Crippen molar-refractivity contribution in [1.29, 1.82) is 0 Å². The average molecular weight is 457 g/mol. The number of hydrogen-bond donors (Lipinski definition) is 0. The van der Waals surface area contributed by atoms with E-state index in [9.17, 15) is 4.79 Å². The lowest BCUT2D eigenvalue weighted by molar-refractivity contribution is -0.141. The van der Waals surface area contributed by atoms with Crippen LogP contribution in [-0.2, 0) is 16.1 Å². The standard InChI is InChI=1S/C21H17ClN4O2S2/c1-14-7-8-17(9-18(14)22)26-13-23-25-21(26)30-12-19(27)28-10-16-11-29-20(24-16)15-5-3-2-4-6-15/h2-9,11,13H,10,12H2,1H3. The van der Waals surface area contributed by atoms with Gasteiger partial charge < -0.3 is 4.74 Å². The molecule has 0 fully saturated rings. The van der Waals surface area contributed by atoms with Crippen molar-refractivity contribution in [2.24, 2.45) is 0 Å². The molecule has 152 valence electrons. The monoisotopic (exact) mass is 456 g/mol. The summed E-state index contributed by atoms with van der Waals surface area (Å²) in [7, 11) is 0. The smallest absolute Gasteiger partial charge is 0.316 e. The Hall–Kier alpha value is -2.68. The van der Waals surface area contributed by atoms with Gasteiger partial charge in [-0.05, 0) is 24.6 Å². The third-order valence-electron chi connectivity index (χ3n) is 4.22. The van der Waals surface area contributed by atoms with Crippen LogP contribution in [0.25, 0.3) is 16.3 Å². The zero-order valence-corrected chi connectivity index (χ0v) is 18.4. The van der Waals surface area contributed by atoms with Crippen molar-refractivity contribution < 1.29 is 9.53 Å². The minimum absolute atomic E-state index is 0.119. The average Bonchev–Trinajstić information content (AvgIpc) is 3.43. The van der Waals surface area contributed by atoms with Crippen LogP contribution in [0.1, 0.15) is 11.3 Å². The maximum absolute atomic E-state index is 12.2. The molecule has 0 unspecified atom stereocenters. The highest BCUT2D eigenvalue weighted by Crippen LogP contribution is 2.25. The van der Waals surface area contributed by atoms with Gasteiger partial charge in [0.15, 0.2) is 5.16 Å². The summed E-state index contributed by atoms with van der Waals surface area (Å²) in [5.41, 5.74) is 3.60. The summed E-state index contributed by atoms with van der Waals surface area (Å²) in [5, 5.41) is 12.1. The summed E-state index contributed by atoms with van der Waals surface area (Å²) in [6.45, 7) is 2.08. The highest BCUT2D eigenvalue weighted by atomic mass is 35.5. The van der Waals surface area contributed by atoms with Gasteiger partial charge in [-0.25, -0.2) is 4.98 Å². The van der Waals surface area contributed by atoms with Gasteiger partial charge in [0.1, 0.15) is 17.9 Å². The summed E-state index contributed by atoms with van der Waals surface area (Å²) < 4.78 is 7.15. The first kappa shape index (κ1) is 20.6. The van der Waals surface area contributed by atoms with Crippen molar-refractivity contribution in [3.63, 3.8) is 0 Å². The summed E-state index contributed by atoms with van der Waals surface area (Å²) in [6, 6.07) is 15.6. The number of carbonyl (C=O) groups is 1. The van der Waals surface area contributed by atoms with Crippen LogP contribution in [0, 0.1) is 6.92 Å². The molecule has 0 amide bonds. The second-order valence-electron chi connectivity index (χ2n) is 6.38. The highest BCUT2D eigenvalue weighted by molar-refractivity contribution is 7.99. The minimum Gasteiger partial charge on any atom is -0.459 e. The van der Waals surface area contributed by atoms with Crippen molar-refractivity contribution in [3.05, 3.63) is 76.5 Å². The van der Waals surface area contributed by atoms with Crippen molar-refractivity contribution >= 4 is 40.7 Å². The molecule has 0 N–H and O–H groups in total. The number of aryl methyl sites for hydroxylation is 1. The normalized spacial score (nSPS) is 10.9. The van der Waals surface area contributed by atoms with Gasteiger partial charge in [0, 0.05) is 16.0 Å². The van der Waals surface area contributed by atoms with Crippen LogP contribution in [0.4, 0.5) is 0 Å². The van der Waals surface area contributed by atoms with Gasteiger partial charge in [-0.3, -0.25) is 9.36 Å². The third kappa shape index (κ3) is 4.89. The van der Waals surface area contributed by atoms with Crippen molar-refractivity contribution in [2.75, 3.05) is 5.75 Å². The molecule has 0 saturated heterocycles. The Morgan fingerprint density at radius 1 is 1.23 bits per heavy atom. The van der Waals surface area contributed by atoms with Gasteiger partial charge in [-0.15, -0.1) is 21.5 Å². The number of ether oxygens (including phenoxy) is 1. The van der Waals surface area contributed by atoms with E-state index in [1.165, 1.54) is 23.1 Å². The van der Waals surface area contributed by atoms with Gasteiger partial charge in [-0.1, -0.05) is 59.8 Å². The molecule has 6 nitrogen and oxygen atoms in total. The second kappa shape index (κ2) is 9.42. The molecule has 2 aromatic heterocycles. The topological polar surface area (TPSA) is 69.9 Å². The fourth-order valence-corrected chi connectivity index (χ4v) is 4.35. The predicted molar refractivity (Wildman–Crippen MR) is 119 cm³/mol. The van der Waals surface area contributed by atoms with Crippen LogP contribution in [0.3, 0.4) is 0 Å². The molecule has 9 heteroatoms. The molecule has 30 heavy (non-hydrogen) atoms. The minimum atomic E-state index is -0.342. The lowest BCUT2D eigenvalue weighted by atomic mass is 10.2. The molecule has 2 aromatic carbocycles. The Morgan fingerprint density at radius 3 is 2.87 bits per heavy atom. The quantitative estimate of drug-likeness (QED) is 0.281. The number of hydrogen-bond acceptors (Lipinski definition) is 7. The zero-order chi connectivity index (χ0) is 20.9. The zero-order valence-electron chi connectivity index (χ0n) is 16.0. The number of benzene rings is 2. The number of rotatable bonds is 7. The third-order valence-corrected chi connectivity index (χ3v) is 6.49. The number of esters is 1. The number of halogens is 1. The van der Waals surface area contributed by atoms with E-state index >= 15 is 0 Å². The number of aromatic nitrogens is 4. The Bertz CT molecular complexity index is 1160. The van der Waals surface area contributed by atoms with Crippen molar-refractivity contribution in [3.8, 4) is 16.3 Å². The van der Waals surface area contributed by atoms with Crippen LogP contribution in [-0.4, -0.2) is 31.5 Å². The lowest BCUT2D eigenvalue weighted by Crippen LogP contribution is -2.08. The fraction of sp³-hybridized carbons (Fsp3) is 0.143. The molecular weight excluding hydrogens is 440 g/mol. The van der Waals surface area contributed by atoms with Crippen LogP contribution < -0.4 is 0 Å². The first-order chi connectivity index (χ1) is 14.6. The number of nitrogens with zero attached hydrogens (tertiary/aromatic N) is 4.